The minimum Gasteiger partial charge on any atom is -0.382 e. The molecule has 2 heterocycles. The van der Waals surface area contributed by atoms with Gasteiger partial charge in [0.1, 0.15) is 0 Å². The van der Waals surface area contributed by atoms with Gasteiger partial charge in [0, 0.05) is 46.0 Å². The number of hydrogen-bond acceptors (Lipinski definition) is 4. The number of aliphatic imine (C=N–C) groups is 1. The molecule has 1 N–H and O–H groups in total. The molecule has 1 atom stereocenters. The maximum atomic E-state index is 6.11. The number of nitrogens with zero attached hydrogens (tertiary/aromatic N) is 2. The zero-order valence-corrected chi connectivity index (χ0v) is 16.2. The molecule has 0 aromatic heterocycles. The molecule has 25 heavy (non-hydrogen) atoms. The van der Waals surface area contributed by atoms with Gasteiger partial charge in [0.05, 0.1) is 18.8 Å². The fourth-order valence-corrected chi connectivity index (χ4v) is 3.34. The van der Waals surface area contributed by atoms with Crippen molar-refractivity contribution in [1.82, 2.24) is 10.2 Å². The van der Waals surface area contributed by atoms with E-state index in [2.05, 4.69) is 17.1 Å². The van der Waals surface area contributed by atoms with Crippen LogP contribution in [0.1, 0.15) is 52.4 Å². The Balaban J connectivity index is 1.67. The van der Waals surface area contributed by atoms with Crippen LogP contribution in [-0.2, 0) is 14.2 Å². The van der Waals surface area contributed by atoms with E-state index in [1.165, 1.54) is 12.8 Å². The van der Waals surface area contributed by atoms with Gasteiger partial charge in [-0.25, -0.2) is 0 Å². The van der Waals surface area contributed by atoms with E-state index in [0.717, 1.165) is 84.2 Å². The molecule has 1 unspecified atom stereocenters. The van der Waals surface area contributed by atoms with E-state index in [1.807, 2.05) is 6.92 Å². The molecule has 0 bridgehead atoms. The third-order valence-corrected chi connectivity index (χ3v) is 4.78. The Kier molecular flexibility index (Phi) is 10.2. The SMILES string of the molecule is CCNC(=NCCCOCC)N1CCC(OCC2CCCCO2)CC1. The van der Waals surface area contributed by atoms with Crippen LogP contribution in [0.3, 0.4) is 0 Å². The maximum Gasteiger partial charge on any atom is 0.193 e. The van der Waals surface area contributed by atoms with Crippen molar-refractivity contribution in [3.8, 4) is 0 Å². The highest BCUT2D eigenvalue weighted by Gasteiger charge is 2.23. The summed E-state index contributed by atoms with van der Waals surface area (Å²) in [4.78, 5) is 7.11. The summed E-state index contributed by atoms with van der Waals surface area (Å²) in [5, 5.41) is 3.42. The first-order chi connectivity index (χ1) is 12.3. The molecule has 0 radical (unpaired) electrons. The normalized spacial score (nSPS) is 23.0. The monoisotopic (exact) mass is 355 g/mol. The molecule has 6 heteroatoms. The van der Waals surface area contributed by atoms with Crippen molar-refractivity contribution >= 4 is 5.96 Å². The summed E-state index contributed by atoms with van der Waals surface area (Å²) in [6.07, 6.45) is 7.41. The molecule has 0 amide bonds. The van der Waals surface area contributed by atoms with Gasteiger partial charge >= 0.3 is 0 Å². The Morgan fingerprint density at radius 1 is 1.20 bits per heavy atom. The van der Waals surface area contributed by atoms with Crippen LogP contribution < -0.4 is 5.32 Å². The summed E-state index contributed by atoms with van der Waals surface area (Å²) < 4.78 is 17.2. The average molecular weight is 356 g/mol. The van der Waals surface area contributed by atoms with E-state index in [0.29, 0.717) is 12.2 Å². The summed E-state index contributed by atoms with van der Waals surface area (Å²) in [6.45, 7) is 11.1. The standard InChI is InChI=1S/C19H37N3O3/c1-3-20-19(21-11-7-14-23-4-2)22-12-9-17(10-13-22)25-16-18-8-5-6-15-24-18/h17-18H,3-16H2,1-2H3,(H,20,21). The van der Waals surface area contributed by atoms with E-state index in [-0.39, 0.29) is 0 Å². The molecule has 0 aromatic carbocycles. The average Bonchev–Trinajstić information content (AvgIpc) is 2.67. The topological polar surface area (TPSA) is 55.3 Å². The van der Waals surface area contributed by atoms with E-state index >= 15 is 0 Å². The molecule has 0 aromatic rings. The molecular weight excluding hydrogens is 318 g/mol. The molecule has 0 spiro atoms. The summed E-state index contributed by atoms with van der Waals surface area (Å²) in [5.74, 6) is 1.04. The Hall–Kier alpha value is -0.850. The number of hydrogen-bond donors (Lipinski definition) is 1. The number of piperidine rings is 1. The lowest BCUT2D eigenvalue weighted by molar-refractivity contribution is -0.0721. The summed E-state index contributed by atoms with van der Waals surface area (Å²) in [6, 6.07) is 0. The fourth-order valence-electron chi connectivity index (χ4n) is 3.34. The predicted octanol–water partition coefficient (Wildman–Crippen LogP) is 2.43. The van der Waals surface area contributed by atoms with Crippen LogP contribution in [0.2, 0.25) is 0 Å². The number of ether oxygens (including phenoxy) is 3. The second kappa shape index (κ2) is 12.5. The van der Waals surface area contributed by atoms with Crippen molar-refractivity contribution in [3.63, 3.8) is 0 Å². The second-order valence-electron chi connectivity index (χ2n) is 6.79. The van der Waals surface area contributed by atoms with Crippen molar-refractivity contribution in [2.24, 2.45) is 4.99 Å². The zero-order chi connectivity index (χ0) is 17.7. The molecule has 2 saturated heterocycles. The van der Waals surface area contributed by atoms with Gasteiger partial charge in [0.2, 0.25) is 0 Å². The van der Waals surface area contributed by atoms with Crippen LogP contribution in [0, 0.1) is 0 Å². The maximum absolute atomic E-state index is 6.11. The van der Waals surface area contributed by atoms with Gasteiger partial charge in [-0.2, -0.15) is 0 Å². The number of rotatable bonds is 9. The predicted molar refractivity (Wildman–Crippen MR) is 101 cm³/mol. The van der Waals surface area contributed by atoms with Crippen LogP contribution in [0.15, 0.2) is 4.99 Å². The smallest absolute Gasteiger partial charge is 0.193 e. The Morgan fingerprint density at radius 3 is 2.72 bits per heavy atom. The number of nitrogens with one attached hydrogen (secondary N) is 1. The zero-order valence-electron chi connectivity index (χ0n) is 16.2. The van der Waals surface area contributed by atoms with Crippen molar-refractivity contribution in [2.75, 3.05) is 52.6 Å². The first-order valence-corrected chi connectivity index (χ1v) is 10.2. The molecule has 2 aliphatic heterocycles. The third-order valence-electron chi connectivity index (χ3n) is 4.78. The van der Waals surface area contributed by atoms with Gasteiger partial charge in [0.25, 0.3) is 0 Å². The number of likely N-dealkylation sites (tertiary alicyclic amines) is 1. The second-order valence-corrected chi connectivity index (χ2v) is 6.79. The van der Waals surface area contributed by atoms with Gasteiger partial charge in [-0.1, -0.05) is 0 Å². The highest BCUT2D eigenvalue weighted by atomic mass is 16.5. The van der Waals surface area contributed by atoms with Crippen LogP contribution in [-0.4, -0.2) is 75.7 Å². The fraction of sp³-hybridized carbons (Fsp3) is 0.947. The van der Waals surface area contributed by atoms with E-state index in [1.54, 1.807) is 0 Å². The Labute approximate surface area is 153 Å². The minimum atomic E-state index is 0.316. The lowest BCUT2D eigenvalue weighted by atomic mass is 10.1. The van der Waals surface area contributed by atoms with Gasteiger partial charge in [0.15, 0.2) is 5.96 Å². The lowest BCUT2D eigenvalue weighted by Gasteiger charge is -2.35. The van der Waals surface area contributed by atoms with Crippen LogP contribution in [0.5, 0.6) is 0 Å². The van der Waals surface area contributed by atoms with E-state index in [4.69, 9.17) is 19.2 Å². The first kappa shape index (κ1) is 20.5. The summed E-state index contributed by atoms with van der Waals surface area (Å²) in [5.41, 5.74) is 0. The molecule has 2 fully saturated rings. The van der Waals surface area contributed by atoms with E-state index < -0.39 is 0 Å². The van der Waals surface area contributed by atoms with Crippen molar-refractivity contribution in [1.29, 1.82) is 0 Å². The van der Waals surface area contributed by atoms with E-state index in [9.17, 15) is 0 Å². The lowest BCUT2D eigenvalue weighted by Crippen LogP contribution is -2.47. The molecule has 146 valence electrons. The first-order valence-electron chi connectivity index (χ1n) is 10.2. The van der Waals surface area contributed by atoms with Crippen molar-refractivity contribution in [2.45, 2.75) is 64.6 Å². The summed E-state index contributed by atoms with van der Waals surface area (Å²) >= 11 is 0. The highest BCUT2D eigenvalue weighted by molar-refractivity contribution is 5.80. The quantitative estimate of drug-likeness (QED) is 0.391. The third kappa shape index (κ3) is 7.92. The molecule has 0 saturated carbocycles. The highest BCUT2D eigenvalue weighted by Crippen LogP contribution is 2.18. The molecule has 0 aliphatic carbocycles. The Bertz CT molecular complexity index is 365. The van der Waals surface area contributed by atoms with Crippen LogP contribution >= 0.6 is 0 Å². The molecule has 2 rings (SSSR count). The largest absolute Gasteiger partial charge is 0.382 e. The summed E-state index contributed by atoms with van der Waals surface area (Å²) in [7, 11) is 0. The van der Waals surface area contributed by atoms with Gasteiger partial charge in [-0.15, -0.1) is 0 Å². The molecule has 6 nitrogen and oxygen atoms in total. The van der Waals surface area contributed by atoms with Crippen LogP contribution in [0.4, 0.5) is 0 Å². The van der Waals surface area contributed by atoms with Gasteiger partial charge in [-0.05, 0) is 52.4 Å². The molecule has 2 aliphatic rings. The van der Waals surface area contributed by atoms with Gasteiger partial charge < -0.3 is 24.4 Å². The number of guanidine groups is 1. The minimum absolute atomic E-state index is 0.316. The Morgan fingerprint density at radius 2 is 2.04 bits per heavy atom. The van der Waals surface area contributed by atoms with Gasteiger partial charge in [-0.3, -0.25) is 4.99 Å². The van der Waals surface area contributed by atoms with Crippen molar-refractivity contribution in [3.05, 3.63) is 0 Å². The van der Waals surface area contributed by atoms with Crippen molar-refractivity contribution < 1.29 is 14.2 Å². The molecular formula is C19H37N3O3. The van der Waals surface area contributed by atoms with Crippen LogP contribution in [0.25, 0.3) is 0 Å².